The highest BCUT2D eigenvalue weighted by Gasteiger charge is 2.15. The number of anilines is 1. The van der Waals surface area contributed by atoms with Crippen molar-refractivity contribution in [3.63, 3.8) is 0 Å². The van der Waals surface area contributed by atoms with E-state index in [0.717, 1.165) is 16.1 Å². The van der Waals surface area contributed by atoms with E-state index in [-0.39, 0.29) is 0 Å². The molecule has 0 aliphatic heterocycles. The molecular weight excluding hydrogens is 311 g/mol. The fraction of sp³-hybridized carbons (Fsp3) is 0. The van der Waals surface area contributed by atoms with E-state index in [1.165, 1.54) is 11.3 Å². The predicted octanol–water partition coefficient (Wildman–Crippen LogP) is 5.37. The van der Waals surface area contributed by atoms with Crippen LogP contribution in [0.5, 0.6) is 0 Å². The van der Waals surface area contributed by atoms with Crippen LogP contribution in [0.15, 0.2) is 48.5 Å². The van der Waals surface area contributed by atoms with Crippen molar-refractivity contribution in [1.82, 2.24) is 4.98 Å². The van der Waals surface area contributed by atoms with Crippen LogP contribution in [0.25, 0.3) is 21.8 Å². The standard InChI is InChI=1S/C15H10Cl2N2S/c16-11-8-4-7-10(12(11)17)13-14(18)20-15(19-13)9-5-2-1-3-6-9/h1-8H,18H2. The van der Waals surface area contributed by atoms with Crippen LogP contribution < -0.4 is 5.73 Å². The molecule has 0 bridgehead atoms. The summed E-state index contributed by atoms with van der Waals surface area (Å²) < 4.78 is 0. The third-order valence-electron chi connectivity index (χ3n) is 2.88. The number of halogens is 2. The molecule has 0 atom stereocenters. The van der Waals surface area contributed by atoms with Crippen LogP contribution in [0.3, 0.4) is 0 Å². The lowest BCUT2D eigenvalue weighted by Gasteiger charge is -2.03. The van der Waals surface area contributed by atoms with Gasteiger partial charge in [0.05, 0.1) is 10.0 Å². The Morgan fingerprint density at radius 3 is 2.45 bits per heavy atom. The molecule has 2 nitrogen and oxygen atoms in total. The Morgan fingerprint density at radius 1 is 0.950 bits per heavy atom. The summed E-state index contributed by atoms with van der Waals surface area (Å²) in [6.45, 7) is 0. The number of thiazole rings is 1. The van der Waals surface area contributed by atoms with Crippen LogP contribution in [0.4, 0.5) is 5.00 Å². The molecule has 0 spiro atoms. The highest BCUT2D eigenvalue weighted by molar-refractivity contribution is 7.19. The summed E-state index contributed by atoms with van der Waals surface area (Å²) in [5, 5.41) is 2.48. The first-order valence-corrected chi connectivity index (χ1v) is 7.50. The zero-order valence-corrected chi connectivity index (χ0v) is 12.6. The van der Waals surface area contributed by atoms with Gasteiger partial charge in [-0.2, -0.15) is 0 Å². The molecule has 0 fully saturated rings. The largest absolute Gasteiger partial charge is 0.389 e. The summed E-state index contributed by atoms with van der Waals surface area (Å²) in [7, 11) is 0. The van der Waals surface area contributed by atoms with Crippen molar-refractivity contribution in [2.24, 2.45) is 0 Å². The first-order valence-electron chi connectivity index (χ1n) is 5.93. The zero-order chi connectivity index (χ0) is 14.1. The number of nitrogens with two attached hydrogens (primary N) is 1. The molecule has 0 unspecified atom stereocenters. The Labute approximate surface area is 130 Å². The average Bonchev–Trinajstić information content (AvgIpc) is 2.85. The molecular formula is C15H10Cl2N2S. The summed E-state index contributed by atoms with van der Waals surface area (Å²) in [6.07, 6.45) is 0. The minimum absolute atomic E-state index is 0.478. The Balaban J connectivity index is 2.12. The Hall–Kier alpha value is -1.55. The highest BCUT2D eigenvalue weighted by atomic mass is 35.5. The van der Waals surface area contributed by atoms with Crippen LogP contribution in [-0.2, 0) is 0 Å². The summed E-state index contributed by atoms with van der Waals surface area (Å²) in [6, 6.07) is 15.4. The lowest BCUT2D eigenvalue weighted by molar-refractivity contribution is 1.40. The maximum Gasteiger partial charge on any atom is 0.126 e. The fourth-order valence-electron chi connectivity index (χ4n) is 1.92. The molecule has 0 aliphatic carbocycles. The molecule has 5 heteroatoms. The number of hydrogen-bond acceptors (Lipinski definition) is 3. The van der Waals surface area contributed by atoms with E-state index >= 15 is 0 Å². The number of benzene rings is 2. The van der Waals surface area contributed by atoms with Crippen LogP contribution in [0.2, 0.25) is 10.0 Å². The summed E-state index contributed by atoms with van der Waals surface area (Å²) in [4.78, 5) is 4.60. The van der Waals surface area contributed by atoms with Crippen LogP contribution in [0.1, 0.15) is 0 Å². The van der Waals surface area contributed by atoms with Gasteiger partial charge in [-0.3, -0.25) is 0 Å². The van der Waals surface area contributed by atoms with E-state index in [1.54, 1.807) is 6.07 Å². The van der Waals surface area contributed by atoms with E-state index < -0.39 is 0 Å². The summed E-state index contributed by atoms with van der Waals surface area (Å²) >= 11 is 13.7. The van der Waals surface area contributed by atoms with Gasteiger partial charge in [-0.15, -0.1) is 0 Å². The van der Waals surface area contributed by atoms with Crippen molar-refractivity contribution in [1.29, 1.82) is 0 Å². The van der Waals surface area contributed by atoms with E-state index in [4.69, 9.17) is 28.9 Å². The predicted molar refractivity (Wildman–Crippen MR) is 87.4 cm³/mol. The lowest BCUT2D eigenvalue weighted by atomic mass is 10.1. The van der Waals surface area contributed by atoms with Gasteiger partial charge in [-0.05, 0) is 6.07 Å². The Morgan fingerprint density at radius 2 is 1.70 bits per heavy atom. The van der Waals surface area contributed by atoms with Gasteiger partial charge in [-0.1, -0.05) is 77.0 Å². The minimum Gasteiger partial charge on any atom is -0.389 e. The topological polar surface area (TPSA) is 38.9 Å². The molecule has 3 aromatic rings. The molecule has 0 radical (unpaired) electrons. The number of rotatable bonds is 2. The van der Waals surface area contributed by atoms with Crippen molar-refractivity contribution in [2.75, 3.05) is 5.73 Å². The van der Waals surface area contributed by atoms with Crippen LogP contribution >= 0.6 is 34.5 Å². The molecule has 2 aromatic carbocycles. The molecule has 0 saturated carbocycles. The maximum absolute atomic E-state index is 6.23. The van der Waals surface area contributed by atoms with Gasteiger partial charge in [0.25, 0.3) is 0 Å². The molecule has 20 heavy (non-hydrogen) atoms. The molecule has 3 rings (SSSR count). The molecule has 0 amide bonds. The van der Waals surface area contributed by atoms with Gasteiger partial charge in [-0.25, -0.2) is 4.98 Å². The second-order valence-electron chi connectivity index (χ2n) is 4.20. The van der Waals surface area contributed by atoms with Gasteiger partial charge in [0.15, 0.2) is 0 Å². The smallest absolute Gasteiger partial charge is 0.126 e. The number of nitrogen functional groups attached to an aromatic ring is 1. The fourth-order valence-corrected chi connectivity index (χ4v) is 3.16. The summed E-state index contributed by atoms with van der Waals surface area (Å²) in [5.41, 5.74) is 8.56. The third-order valence-corrected chi connectivity index (χ3v) is 4.63. The maximum atomic E-state index is 6.23. The normalized spacial score (nSPS) is 10.7. The Bertz CT molecular complexity index is 754. The average molecular weight is 321 g/mol. The van der Waals surface area contributed by atoms with Crippen LogP contribution in [0, 0.1) is 0 Å². The SMILES string of the molecule is Nc1sc(-c2ccccc2)nc1-c1cccc(Cl)c1Cl. The Kier molecular flexibility index (Phi) is 3.66. The van der Waals surface area contributed by atoms with Crippen molar-refractivity contribution in [2.45, 2.75) is 0 Å². The van der Waals surface area contributed by atoms with Crippen molar-refractivity contribution in [3.8, 4) is 21.8 Å². The van der Waals surface area contributed by atoms with E-state index in [1.807, 2.05) is 42.5 Å². The van der Waals surface area contributed by atoms with Gasteiger partial charge >= 0.3 is 0 Å². The number of hydrogen-bond donors (Lipinski definition) is 1. The molecule has 100 valence electrons. The van der Waals surface area contributed by atoms with Crippen LogP contribution in [-0.4, -0.2) is 4.98 Å². The first kappa shape index (κ1) is 13.4. The van der Waals surface area contributed by atoms with E-state index in [2.05, 4.69) is 4.98 Å². The molecule has 2 N–H and O–H groups in total. The van der Waals surface area contributed by atoms with Gasteiger partial charge in [0.1, 0.15) is 15.7 Å². The number of nitrogens with zero attached hydrogens (tertiary/aromatic N) is 1. The molecule has 1 heterocycles. The second-order valence-corrected chi connectivity index (χ2v) is 6.02. The first-order chi connectivity index (χ1) is 9.66. The van der Waals surface area contributed by atoms with E-state index in [0.29, 0.717) is 20.7 Å². The minimum atomic E-state index is 0.478. The van der Waals surface area contributed by atoms with Gasteiger partial charge in [0.2, 0.25) is 0 Å². The zero-order valence-electron chi connectivity index (χ0n) is 10.3. The quantitative estimate of drug-likeness (QED) is 0.689. The van der Waals surface area contributed by atoms with Crippen molar-refractivity contribution < 1.29 is 0 Å². The molecule has 1 aromatic heterocycles. The number of aromatic nitrogens is 1. The van der Waals surface area contributed by atoms with Crippen molar-refractivity contribution >= 4 is 39.5 Å². The molecule has 0 aliphatic rings. The highest BCUT2D eigenvalue weighted by Crippen LogP contribution is 2.40. The molecule has 0 saturated heterocycles. The van der Waals surface area contributed by atoms with E-state index in [9.17, 15) is 0 Å². The lowest BCUT2D eigenvalue weighted by Crippen LogP contribution is -1.87. The monoisotopic (exact) mass is 320 g/mol. The van der Waals surface area contributed by atoms with Crippen molar-refractivity contribution in [3.05, 3.63) is 58.6 Å². The second kappa shape index (κ2) is 5.44. The van der Waals surface area contributed by atoms with Gasteiger partial charge < -0.3 is 5.73 Å². The van der Waals surface area contributed by atoms with Gasteiger partial charge in [0, 0.05) is 11.1 Å². The third kappa shape index (κ3) is 2.40. The summed E-state index contributed by atoms with van der Waals surface area (Å²) in [5.74, 6) is 0.